The fourth-order valence-electron chi connectivity index (χ4n) is 1.83. The number of fused-ring (bicyclic) bond motifs is 1. The van der Waals surface area contributed by atoms with Gasteiger partial charge in [-0.1, -0.05) is 23.7 Å². The molecule has 0 amide bonds. The van der Waals surface area contributed by atoms with Gasteiger partial charge in [0.1, 0.15) is 0 Å². The highest BCUT2D eigenvalue weighted by molar-refractivity contribution is 6.34. The minimum atomic E-state index is 0.583. The number of nitrogens with zero attached hydrogens (tertiary/aromatic N) is 2. The first-order valence-electron chi connectivity index (χ1n) is 5.04. The highest BCUT2D eigenvalue weighted by atomic mass is 35.5. The molecule has 0 atom stereocenters. The third kappa shape index (κ3) is 1.85. The lowest BCUT2D eigenvalue weighted by molar-refractivity contribution is 0.797. The largest absolute Gasteiger partial charge is 0.330 e. The molecule has 1 aromatic heterocycles. The van der Waals surface area contributed by atoms with Crippen molar-refractivity contribution in [3.8, 4) is 0 Å². The third-order valence-corrected chi connectivity index (χ3v) is 2.84. The first kappa shape index (κ1) is 10.5. The fourth-order valence-corrected chi connectivity index (χ4v) is 2.16. The average Bonchev–Trinajstić information content (AvgIpc) is 2.53. The summed E-state index contributed by atoms with van der Waals surface area (Å²) in [4.78, 5) is 0. The van der Waals surface area contributed by atoms with Crippen molar-refractivity contribution >= 4 is 22.5 Å². The molecular weight excluding hydrogens is 210 g/mol. The Morgan fingerprint density at radius 3 is 3.00 bits per heavy atom. The lowest BCUT2D eigenvalue weighted by Crippen LogP contribution is -2.00. The van der Waals surface area contributed by atoms with Crippen molar-refractivity contribution in [2.45, 2.75) is 12.8 Å². The van der Waals surface area contributed by atoms with Crippen LogP contribution in [-0.4, -0.2) is 16.3 Å². The van der Waals surface area contributed by atoms with E-state index in [9.17, 15) is 0 Å². The predicted molar refractivity (Wildman–Crippen MR) is 63.1 cm³/mol. The Bertz CT molecular complexity index is 476. The lowest BCUT2D eigenvalue weighted by atomic mass is 10.1. The Labute approximate surface area is 93.8 Å². The van der Waals surface area contributed by atoms with Gasteiger partial charge in [-0.25, -0.2) is 0 Å². The van der Waals surface area contributed by atoms with Crippen molar-refractivity contribution in [2.75, 3.05) is 6.54 Å². The molecule has 15 heavy (non-hydrogen) atoms. The number of aromatic nitrogens is 2. The molecule has 0 fully saturated rings. The molecule has 0 saturated heterocycles. The van der Waals surface area contributed by atoms with Gasteiger partial charge in [-0.3, -0.25) is 4.68 Å². The fraction of sp³-hybridized carbons (Fsp3) is 0.364. The van der Waals surface area contributed by atoms with Gasteiger partial charge in [0.25, 0.3) is 0 Å². The van der Waals surface area contributed by atoms with Crippen LogP contribution in [-0.2, 0) is 13.5 Å². The van der Waals surface area contributed by atoms with Crippen LogP contribution < -0.4 is 5.73 Å². The van der Waals surface area contributed by atoms with E-state index in [1.807, 2.05) is 23.9 Å². The van der Waals surface area contributed by atoms with Crippen LogP contribution in [0.5, 0.6) is 0 Å². The number of rotatable bonds is 3. The van der Waals surface area contributed by atoms with Crippen LogP contribution in [0.15, 0.2) is 18.2 Å². The van der Waals surface area contributed by atoms with Crippen LogP contribution in [0, 0.1) is 0 Å². The number of halogens is 1. The van der Waals surface area contributed by atoms with Gasteiger partial charge in [0.2, 0.25) is 0 Å². The van der Waals surface area contributed by atoms with Crippen LogP contribution in [0.25, 0.3) is 10.9 Å². The second kappa shape index (κ2) is 4.21. The molecule has 2 aromatic rings. The number of hydrogen-bond acceptors (Lipinski definition) is 2. The van der Waals surface area contributed by atoms with Crippen LogP contribution in [0.1, 0.15) is 12.0 Å². The topological polar surface area (TPSA) is 43.8 Å². The summed E-state index contributed by atoms with van der Waals surface area (Å²) < 4.78 is 1.81. The highest BCUT2D eigenvalue weighted by Crippen LogP contribution is 2.26. The van der Waals surface area contributed by atoms with Crippen LogP contribution in [0.4, 0.5) is 0 Å². The zero-order valence-electron chi connectivity index (χ0n) is 8.70. The van der Waals surface area contributed by atoms with E-state index in [0.29, 0.717) is 11.7 Å². The molecule has 1 heterocycles. The van der Waals surface area contributed by atoms with Crippen LogP contribution in [0.2, 0.25) is 5.15 Å². The number of nitrogens with two attached hydrogens (primary N) is 1. The minimum absolute atomic E-state index is 0.583. The molecule has 80 valence electrons. The zero-order valence-corrected chi connectivity index (χ0v) is 9.46. The molecule has 3 nitrogen and oxygen atoms in total. The first-order chi connectivity index (χ1) is 7.24. The molecule has 0 spiro atoms. The zero-order chi connectivity index (χ0) is 10.8. The number of aryl methyl sites for hydroxylation is 2. The Hall–Kier alpha value is -1.06. The normalized spacial score (nSPS) is 11.1. The number of hydrogen-bond donors (Lipinski definition) is 1. The van der Waals surface area contributed by atoms with Gasteiger partial charge in [0.15, 0.2) is 5.15 Å². The summed E-state index contributed by atoms with van der Waals surface area (Å²) in [5.41, 5.74) is 7.82. The molecule has 4 heteroatoms. The molecule has 1 aromatic carbocycles. The van der Waals surface area contributed by atoms with Crippen LogP contribution in [0.3, 0.4) is 0 Å². The van der Waals surface area contributed by atoms with Crippen molar-refractivity contribution in [3.63, 3.8) is 0 Å². The Morgan fingerprint density at radius 1 is 1.47 bits per heavy atom. The first-order valence-corrected chi connectivity index (χ1v) is 5.42. The maximum Gasteiger partial charge on any atom is 0.159 e. The Balaban J connectivity index is 2.54. The third-order valence-electron chi connectivity index (χ3n) is 2.57. The summed E-state index contributed by atoms with van der Waals surface area (Å²) in [6, 6.07) is 6.15. The molecule has 2 rings (SSSR count). The molecule has 0 bridgehead atoms. The van der Waals surface area contributed by atoms with E-state index in [-0.39, 0.29) is 0 Å². The van der Waals surface area contributed by atoms with E-state index in [2.05, 4.69) is 11.2 Å². The summed E-state index contributed by atoms with van der Waals surface area (Å²) in [6.07, 6.45) is 1.93. The van der Waals surface area contributed by atoms with Gasteiger partial charge in [0, 0.05) is 12.4 Å². The van der Waals surface area contributed by atoms with Gasteiger partial charge >= 0.3 is 0 Å². The Morgan fingerprint density at radius 2 is 2.27 bits per heavy atom. The summed E-state index contributed by atoms with van der Waals surface area (Å²) in [5, 5.41) is 5.86. The van der Waals surface area contributed by atoms with Crippen molar-refractivity contribution in [1.82, 2.24) is 9.78 Å². The van der Waals surface area contributed by atoms with E-state index >= 15 is 0 Å². The lowest BCUT2D eigenvalue weighted by Gasteiger charge is -2.02. The molecule has 2 N–H and O–H groups in total. The maximum absolute atomic E-state index is 6.10. The van der Waals surface area contributed by atoms with E-state index in [0.717, 1.165) is 23.7 Å². The van der Waals surface area contributed by atoms with E-state index < -0.39 is 0 Å². The molecule has 0 unspecified atom stereocenters. The SMILES string of the molecule is Cn1nc(Cl)c2c(CCCN)cccc21. The predicted octanol–water partition coefficient (Wildman–Crippen LogP) is 2.12. The van der Waals surface area contributed by atoms with Gasteiger partial charge in [-0.2, -0.15) is 5.10 Å². The molecular formula is C11H14ClN3. The van der Waals surface area contributed by atoms with Crippen molar-refractivity contribution in [1.29, 1.82) is 0 Å². The Kier molecular flexibility index (Phi) is 2.93. The van der Waals surface area contributed by atoms with Crippen LogP contribution >= 0.6 is 11.6 Å². The van der Waals surface area contributed by atoms with E-state index in [1.54, 1.807) is 0 Å². The second-order valence-electron chi connectivity index (χ2n) is 3.62. The van der Waals surface area contributed by atoms with E-state index in [1.165, 1.54) is 5.56 Å². The number of benzene rings is 1. The highest BCUT2D eigenvalue weighted by Gasteiger charge is 2.09. The van der Waals surface area contributed by atoms with Gasteiger partial charge in [-0.15, -0.1) is 0 Å². The standard InChI is InChI=1S/C11H14ClN3/c1-15-9-6-2-4-8(5-3-7-13)10(9)11(12)14-15/h2,4,6H,3,5,7,13H2,1H3. The smallest absolute Gasteiger partial charge is 0.159 e. The quantitative estimate of drug-likeness (QED) is 0.866. The summed E-state index contributed by atoms with van der Waals surface area (Å²) >= 11 is 6.10. The average molecular weight is 224 g/mol. The molecule has 0 radical (unpaired) electrons. The molecule has 0 saturated carbocycles. The molecule has 0 aliphatic carbocycles. The van der Waals surface area contributed by atoms with Crippen molar-refractivity contribution in [3.05, 3.63) is 28.9 Å². The summed E-state index contributed by atoms with van der Waals surface area (Å²) in [5.74, 6) is 0. The van der Waals surface area contributed by atoms with Crippen molar-refractivity contribution < 1.29 is 0 Å². The van der Waals surface area contributed by atoms with Gasteiger partial charge in [0.05, 0.1) is 5.52 Å². The van der Waals surface area contributed by atoms with E-state index in [4.69, 9.17) is 17.3 Å². The summed E-state index contributed by atoms with van der Waals surface area (Å²) in [6.45, 7) is 0.703. The maximum atomic E-state index is 6.10. The second-order valence-corrected chi connectivity index (χ2v) is 3.98. The summed E-state index contributed by atoms with van der Waals surface area (Å²) in [7, 11) is 1.90. The van der Waals surface area contributed by atoms with Gasteiger partial charge < -0.3 is 5.73 Å². The monoisotopic (exact) mass is 223 g/mol. The van der Waals surface area contributed by atoms with Gasteiger partial charge in [-0.05, 0) is 31.0 Å². The van der Waals surface area contributed by atoms with Crippen molar-refractivity contribution in [2.24, 2.45) is 12.8 Å². The molecule has 0 aliphatic heterocycles. The minimum Gasteiger partial charge on any atom is -0.330 e. The molecule has 0 aliphatic rings.